The number of nitrogens with zero attached hydrogens (tertiary/aromatic N) is 1. The molecule has 1 aliphatic heterocycles. The quantitative estimate of drug-likeness (QED) is 0.803. The summed E-state index contributed by atoms with van der Waals surface area (Å²) in [5.41, 5.74) is -0.153. The first-order valence-electron chi connectivity index (χ1n) is 8.29. The maximum absolute atomic E-state index is 13.9. The van der Waals surface area contributed by atoms with Gasteiger partial charge in [0.05, 0.1) is 15.5 Å². The standard InChI is InChI=1S/C18H17Cl2FN2O3S/c19-12-4-6-14(7-5-12)27(25,26)22-13-8-10-23(11-9-13)18(24)17-15(20)2-1-3-16(17)21/h1-7,13,22H,8-11H2. The van der Waals surface area contributed by atoms with Crippen molar-refractivity contribution in [2.24, 2.45) is 0 Å². The molecule has 1 amide bonds. The average Bonchev–Trinajstić information content (AvgIpc) is 2.62. The van der Waals surface area contributed by atoms with Crippen LogP contribution in [0.15, 0.2) is 47.4 Å². The summed E-state index contributed by atoms with van der Waals surface area (Å²) in [7, 11) is -3.67. The number of hydrogen-bond acceptors (Lipinski definition) is 3. The van der Waals surface area contributed by atoms with Gasteiger partial charge in [0.2, 0.25) is 10.0 Å². The van der Waals surface area contributed by atoms with Crippen molar-refractivity contribution in [2.45, 2.75) is 23.8 Å². The second-order valence-corrected chi connectivity index (χ2v) is 8.80. The zero-order chi connectivity index (χ0) is 19.6. The first-order valence-corrected chi connectivity index (χ1v) is 10.5. The van der Waals surface area contributed by atoms with Crippen LogP contribution in [0.3, 0.4) is 0 Å². The summed E-state index contributed by atoms with van der Waals surface area (Å²) in [6.07, 6.45) is 0.843. The van der Waals surface area contributed by atoms with Gasteiger partial charge in [-0.05, 0) is 49.2 Å². The molecule has 3 rings (SSSR count). The molecule has 2 aromatic rings. The fourth-order valence-electron chi connectivity index (χ4n) is 2.96. The number of halogens is 3. The molecule has 1 saturated heterocycles. The van der Waals surface area contributed by atoms with Crippen LogP contribution in [-0.2, 0) is 10.0 Å². The Labute approximate surface area is 167 Å². The third kappa shape index (κ3) is 4.60. The van der Waals surface area contributed by atoms with Crippen molar-refractivity contribution in [2.75, 3.05) is 13.1 Å². The van der Waals surface area contributed by atoms with Crippen LogP contribution in [0.1, 0.15) is 23.2 Å². The van der Waals surface area contributed by atoms with Gasteiger partial charge in [-0.25, -0.2) is 17.5 Å². The lowest BCUT2D eigenvalue weighted by molar-refractivity contribution is 0.0707. The van der Waals surface area contributed by atoms with E-state index in [1.54, 1.807) is 0 Å². The van der Waals surface area contributed by atoms with E-state index in [2.05, 4.69) is 4.72 Å². The first kappa shape index (κ1) is 20.1. The minimum atomic E-state index is -3.67. The summed E-state index contributed by atoms with van der Waals surface area (Å²) in [6, 6.07) is 9.66. The van der Waals surface area contributed by atoms with E-state index in [0.717, 1.165) is 0 Å². The van der Waals surface area contributed by atoms with E-state index in [1.165, 1.54) is 47.4 Å². The number of piperidine rings is 1. The largest absolute Gasteiger partial charge is 0.338 e. The third-order valence-corrected chi connectivity index (χ3v) is 6.51. The Kier molecular flexibility index (Phi) is 6.05. The molecule has 0 bridgehead atoms. The van der Waals surface area contributed by atoms with Crippen molar-refractivity contribution >= 4 is 39.1 Å². The summed E-state index contributed by atoms with van der Waals surface area (Å²) in [5, 5.41) is 0.512. The molecule has 0 unspecified atom stereocenters. The van der Waals surface area contributed by atoms with Crippen LogP contribution in [-0.4, -0.2) is 38.4 Å². The molecule has 0 aromatic heterocycles. The number of benzene rings is 2. The summed E-state index contributed by atoms with van der Waals surface area (Å²) in [4.78, 5) is 14.1. The predicted molar refractivity (Wildman–Crippen MR) is 102 cm³/mol. The molecule has 144 valence electrons. The van der Waals surface area contributed by atoms with Crippen LogP contribution in [0.25, 0.3) is 0 Å². The van der Waals surface area contributed by atoms with Crippen molar-refractivity contribution in [1.82, 2.24) is 9.62 Å². The van der Waals surface area contributed by atoms with Gasteiger partial charge in [-0.1, -0.05) is 29.3 Å². The van der Waals surface area contributed by atoms with Gasteiger partial charge in [-0.3, -0.25) is 4.79 Å². The number of rotatable bonds is 4. The lowest BCUT2D eigenvalue weighted by Crippen LogP contribution is -2.46. The zero-order valence-electron chi connectivity index (χ0n) is 14.2. The predicted octanol–water partition coefficient (Wildman–Crippen LogP) is 3.72. The lowest BCUT2D eigenvalue weighted by Gasteiger charge is -2.32. The van der Waals surface area contributed by atoms with E-state index >= 15 is 0 Å². The number of sulfonamides is 1. The highest BCUT2D eigenvalue weighted by Crippen LogP contribution is 2.23. The van der Waals surface area contributed by atoms with Gasteiger partial charge >= 0.3 is 0 Å². The number of likely N-dealkylation sites (tertiary alicyclic amines) is 1. The highest BCUT2D eigenvalue weighted by atomic mass is 35.5. The summed E-state index contributed by atoms with van der Waals surface area (Å²) in [6.45, 7) is 0.606. The van der Waals surface area contributed by atoms with Gasteiger partial charge in [0.1, 0.15) is 5.82 Å². The number of carbonyl (C=O) groups is 1. The van der Waals surface area contributed by atoms with E-state index in [4.69, 9.17) is 23.2 Å². The van der Waals surface area contributed by atoms with E-state index in [-0.39, 0.29) is 21.5 Å². The maximum atomic E-state index is 13.9. The Balaban J connectivity index is 1.63. The fourth-order valence-corrected chi connectivity index (χ4v) is 4.64. The lowest BCUT2D eigenvalue weighted by atomic mass is 10.0. The highest BCUT2D eigenvalue weighted by Gasteiger charge is 2.29. The minimum Gasteiger partial charge on any atom is -0.338 e. The molecule has 2 aromatic carbocycles. The molecule has 5 nitrogen and oxygen atoms in total. The third-order valence-electron chi connectivity index (χ3n) is 4.40. The van der Waals surface area contributed by atoms with E-state index in [1.807, 2.05) is 0 Å². The van der Waals surface area contributed by atoms with Crippen molar-refractivity contribution in [3.05, 3.63) is 63.9 Å². The van der Waals surface area contributed by atoms with Crippen LogP contribution < -0.4 is 4.72 Å². The van der Waals surface area contributed by atoms with Crippen LogP contribution in [0, 0.1) is 5.82 Å². The molecule has 27 heavy (non-hydrogen) atoms. The number of carbonyl (C=O) groups excluding carboxylic acids is 1. The van der Waals surface area contributed by atoms with Gasteiger partial charge in [-0.15, -0.1) is 0 Å². The van der Waals surface area contributed by atoms with E-state index in [9.17, 15) is 17.6 Å². The molecule has 1 fully saturated rings. The fraction of sp³-hybridized carbons (Fsp3) is 0.278. The van der Waals surface area contributed by atoms with E-state index < -0.39 is 21.7 Å². The van der Waals surface area contributed by atoms with Crippen molar-refractivity contribution in [3.63, 3.8) is 0 Å². The molecule has 1 heterocycles. The van der Waals surface area contributed by atoms with Crippen molar-refractivity contribution in [1.29, 1.82) is 0 Å². The molecule has 1 N–H and O–H groups in total. The Hall–Kier alpha value is -1.67. The molecule has 9 heteroatoms. The Morgan fingerprint density at radius 3 is 2.30 bits per heavy atom. The zero-order valence-corrected chi connectivity index (χ0v) is 16.5. The molecular formula is C18H17Cl2FN2O3S. The Morgan fingerprint density at radius 1 is 1.07 bits per heavy atom. The number of amides is 1. The smallest absolute Gasteiger partial charge is 0.258 e. The van der Waals surface area contributed by atoms with Crippen LogP contribution in [0.5, 0.6) is 0 Å². The van der Waals surface area contributed by atoms with Crippen LogP contribution >= 0.6 is 23.2 Å². The van der Waals surface area contributed by atoms with Crippen molar-refractivity contribution in [3.8, 4) is 0 Å². The number of hydrogen-bond donors (Lipinski definition) is 1. The first-order chi connectivity index (χ1) is 12.8. The second kappa shape index (κ2) is 8.14. The monoisotopic (exact) mass is 430 g/mol. The SMILES string of the molecule is O=C(c1c(F)cccc1Cl)N1CCC(NS(=O)(=O)c2ccc(Cl)cc2)CC1. The highest BCUT2D eigenvalue weighted by molar-refractivity contribution is 7.89. The van der Waals surface area contributed by atoms with Gasteiger partial charge in [0, 0.05) is 24.2 Å². The Bertz CT molecular complexity index is 923. The van der Waals surface area contributed by atoms with Crippen LogP contribution in [0.4, 0.5) is 4.39 Å². The maximum Gasteiger partial charge on any atom is 0.258 e. The summed E-state index contributed by atoms with van der Waals surface area (Å²) >= 11 is 11.7. The molecule has 0 spiro atoms. The van der Waals surface area contributed by atoms with Gasteiger partial charge < -0.3 is 4.90 Å². The van der Waals surface area contributed by atoms with Gasteiger partial charge in [0.15, 0.2) is 0 Å². The molecule has 0 atom stereocenters. The van der Waals surface area contributed by atoms with Crippen LogP contribution in [0.2, 0.25) is 10.0 Å². The summed E-state index contributed by atoms with van der Waals surface area (Å²) < 4.78 is 41.5. The van der Waals surface area contributed by atoms with Gasteiger partial charge in [-0.2, -0.15) is 0 Å². The molecule has 0 aliphatic carbocycles. The second-order valence-electron chi connectivity index (χ2n) is 6.24. The summed E-state index contributed by atoms with van der Waals surface area (Å²) in [5.74, 6) is -1.16. The molecule has 0 saturated carbocycles. The molecule has 1 aliphatic rings. The average molecular weight is 431 g/mol. The molecule has 0 radical (unpaired) electrons. The topological polar surface area (TPSA) is 66.5 Å². The normalized spacial score (nSPS) is 15.7. The Morgan fingerprint density at radius 2 is 1.70 bits per heavy atom. The molecular weight excluding hydrogens is 414 g/mol. The van der Waals surface area contributed by atoms with E-state index in [0.29, 0.717) is 31.0 Å². The van der Waals surface area contributed by atoms with Crippen molar-refractivity contribution < 1.29 is 17.6 Å². The minimum absolute atomic E-state index is 0.0607. The van der Waals surface area contributed by atoms with Gasteiger partial charge in [0.25, 0.3) is 5.91 Å². The number of nitrogens with one attached hydrogen (secondary N) is 1.